The maximum atomic E-state index is 12.0. The highest BCUT2D eigenvalue weighted by atomic mass is 16.5. The number of amides is 1. The van der Waals surface area contributed by atoms with Gasteiger partial charge in [-0.2, -0.15) is 5.10 Å². The first kappa shape index (κ1) is 16.4. The summed E-state index contributed by atoms with van der Waals surface area (Å²) in [6.45, 7) is 4.14. The summed E-state index contributed by atoms with van der Waals surface area (Å²) in [5, 5.41) is 4.24. The van der Waals surface area contributed by atoms with Gasteiger partial charge in [-0.15, -0.1) is 0 Å². The molecule has 0 aliphatic carbocycles. The van der Waals surface area contributed by atoms with Crippen LogP contribution in [0.5, 0.6) is 0 Å². The van der Waals surface area contributed by atoms with Crippen LogP contribution in [0.1, 0.15) is 22.8 Å². The molecule has 0 spiro atoms. The molecule has 0 radical (unpaired) electrons. The first-order valence-electron chi connectivity index (χ1n) is 7.95. The molecule has 0 bridgehead atoms. The van der Waals surface area contributed by atoms with Crippen LogP contribution in [0.25, 0.3) is 0 Å². The number of carbonyl (C=O) groups is 1. The third kappa shape index (κ3) is 3.12. The van der Waals surface area contributed by atoms with Crippen LogP contribution in [0.3, 0.4) is 0 Å². The Morgan fingerprint density at radius 1 is 1.33 bits per heavy atom. The smallest absolute Gasteiger partial charge is 0.254 e. The van der Waals surface area contributed by atoms with Gasteiger partial charge in [0.1, 0.15) is 11.4 Å². The van der Waals surface area contributed by atoms with E-state index in [9.17, 15) is 4.79 Å². The summed E-state index contributed by atoms with van der Waals surface area (Å²) in [5.74, 6) is 0.806. The van der Waals surface area contributed by atoms with Gasteiger partial charge in [0.25, 0.3) is 5.91 Å². The van der Waals surface area contributed by atoms with Crippen molar-refractivity contribution in [2.75, 3.05) is 38.7 Å². The van der Waals surface area contributed by atoms with Gasteiger partial charge in [0.05, 0.1) is 24.9 Å². The number of aromatic nitrogens is 3. The van der Waals surface area contributed by atoms with Crippen molar-refractivity contribution in [3.05, 3.63) is 41.9 Å². The molecule has 1 fully saturated rings. The molecule has 1 amide bonds. The molecular weight excluding hydrogens is 306 g/mol. The molecule has 0 saturated carbocycles. The summed E-state index contributed by atoms with van der Waals surface area (Å²) in [6.07, 6.45) is 5.46. The maximum Gasteiger partial charge on any atom is 0.254 e. The highest BCUT2D eigenvalue weighted by Crippen LogP contribution is 2.30. The fourth-order valence-corrected chi connectivity index (χ4v) is 2.89. The molecule has 2 aromatic heterocycles. The van der Waals surface area contributed by atoms with E-state index in [1.165, 1.54) is 0 Å². The minimum atomic E-state index is -0.424. The van der Waals surface area contributed by atoms with Crippen LogP contribution < -0.4 is 4.90 Å². The standard InChI is InChI=1S/C17H23N5O2/c1-17(14-10-19-21(4)11-14)12-22(7-8-24-17)15-6-5-13(9-18-15)16(23)20(2)3/h5-6,9-11H,7-8,12H2,1-4H3. The molecule has 128 valence electrons. The molecule has 1 saturated heterocycles. The molecule has 1 aliphatic heterocycles. The first-order chi connectivity index (χ1) is 11.4. The number of morpholine rings is 1. The lowest BCUT2D eigenvalue weighted by atomic mass is 9.97. The molecule has 1 aliphatic rings. The Balaban J connectivity index is 1.78. The zero-order valence-corrected chi connectivity index (χ0v) is 14.6. The molecule has 7 nitrogen and oxygen atoms in total. The summed E-state index contributed by atoms with van der Waals surface area (Å²) < 4.78 is 7.81. The fourth-order valence-electron chi connectivity index (χ4n) is 2.89. The fraction of sp³-hybridized carbons (Fsp3) is 0.471. The van der Waals surface area contributed by atoms with E-state index in [-0.39, 0.29) is 5.91 Å². The van der Waals surface area contributed by atoms with E-state index in [0.29, 0.717) is 18.7 Å². The average Bonchev–Trinajstić information content (AvgIpc) is 3.02. The molecule has 0 N–H and O–H groups in total. The second kappa shape index (κ2) is 6.24. The number of carbonyl (C=O) groups excluding carboxylic acids is 1. The quantitative estimate of drug-likeness (QED) is 0.848. The molecule has 3 heterocycles. The van der Waals surface area contributed by atoms with Gasteiger partial charge in [0.15, 0.2) is 0 Å². The summed E-state index contributed by atoms with van der Waals surface area (Å²) in [7, 11) is 5.37. The van der Waals surface area contributed by atoms with Crippen molar-refractivity contribution < 1.29 is 9.53 Å². The number of ether oxygens (including phenoxy) is 1. The molecule has 3 rings (SSSR count). The lowest BCUT2D eigenvalue weighted by Crippen LogP contribution is -2.48. The lowest BCUT2D eigenvalue weighted by Gasteiger charge is -2.40. The highest BCUT2D eigenvalue weighted by Gasteiger charge is 2.35. The Morgan fingerprint density at radius 2 is 2.12 bits per heavy atom. The predicted molar refractivity (Wildman–Crippen MR) is 91.0 cm³/mol. The normalized spacial score (nSPS) is 20.9. The van der Waals surface area contributed by atoms with E-state index in [1.54, 1.807) is 29.9 Å². The minimum absolute atomic E-state index is 0.0452. The summed E-state index contributed by atoms with van der Waals surface area (Å²) in [6, 6.07) is 3.72. The van der Waals surface area contributed by atoms with E-state index in [2.05, 4.69) is 21.9 Å². The van der Waals surface area contributed by atoms with Crippen LogP contribution in [0.2, 0.25) is 0 Å². The monoisotopic (exact) mass is 329 g/mol. The van der Waals surface area contributed by atoms with E-state index in [1.807, 2.05) is 31.6 Å². The largest absolute Gasteiger partial charge is 0.367 e. The van der Waals surface area contributed by atoms with Crippen molar-refractivity contribution in [2.24, 2.45) is 7.05 Å². The number of aryl methyl sites for hydroxylation is 1. The van der Waals surface area contributed by atoms with Gasteiger partial charge in [0, 0.05) is 45.6 Å². The summed E-state index contributed by atoms with van der Waals surface area (Å²) in [4.78, 5) is 20.2. The van der Waals surface area contributed by atoms with Crippen molar-refractivity contribution in [3.8, 4) is 0 Å². The van der Waals surface area contributed by atoms with Gasteiger partial charge in [-0.3, -0.25) is 9.48 Å². The van der Waals surface area contributed by atoms with Crippen molar-refractivity contribution in [3.63, 3.8) is 0 Å². The number of hydrogen-bond acceptors (Lipinski definition) is 5. The molecule has 1 atom stereocenters. The lowest BCUT2D eigenvalue weighted by molar-refractivity contribution is -0.0468. The molecule has 0 aromatic carbocycles. The van der Waals surface area contributed by atoms with Crippen LogP contribution in [-0.4, -0.2) is 59.4 Å². The second-order valence-electron chi connectivity index (χ2n) is 6.51. The summed E-state index contributed by atoms with van der Waals surface area (Å²) >= 11 is 0. The van der Waals surface area contributed by atoms with Crippen molar-refractivity contribution in [1.29, 1.82) is 0 Å². The zero-order valence-electron chi connectivity index (χ0n) is 14.6. The molecule has 2 aromatic rings. The number of anilines is 1. The van der Waals surface area contributed by atoms with E-state index in [0.717, 1.165) is 17.9 Å². The molecule has 1 unspecified atom stereocenters. The highest BCUT2D eigenvalue weighted by molar-refractivity contribution is 5.93. The van der Waals surface area contributed by atoms with Crippen LogP contribution >= 0.6 is 0 Å². The third-order valence-corrected chi connectivity index (χ3v) is 4.31. The Bertz CT molecular complexity index is 725. The Morgan fingerprint density at radius 3 is 2.71 bits per heavy atom. The van der Waals surface area contributed by atoms with Crippen LogP contribution in [-0.2, 0) is 17.4 Å². The van der Waals surface area contributed by atoms with Crippen molar-refractivity contribution in [2.45, 2.75) is 12.5 Å². The van der Waals surface area contributed by atoms with Crippen molar-refractivity contribution in [1.82, 2.24) is 19.7 Å². The predicted octanol–water partition coefficient (Wildman–Crippen LogP) is 1.27. The number of hydrogen-bond donors (Lipinski definition) is 0. The first-order valence-corrected chi connectivity index (χ1v) is 7.95. The average molecular weight is 329 g/mol. The Hall–Kier alpha value is -2.41. The van der Waals surface area contributed by atoms with Gasteiger partial charge in [-0.25, -0.2) is 4.98 Å². The minimum Gasteiger partial charge on any atom is -0.367 e. The second-order valence-corrected chi connectivity index (χ2v) is 6.51. The summed E-state index contributed by atoms with van der Waals surface area (Å²) in [5.41, 5.74) is 1.22. The molecular formula is C17H23N5O2. The third-order valence-electron chi connectivity index (χ3n) is 4.31. The van der Waals surface area contributed by atoms with Crippen molar-refractivity contribution >= 4 is 11.7 Å². The van der Waals surface area contributed by atoms with Crippen LogP contribution in [0.4, 0.5) is 5.82 Å². The van der Waals surface area contributed by atoms with E-state index < -0.39 is 5.60 Å². The van der Waals surface area contributed by atoms with Gasteiger partial charge in [-0.05, 0) is 19.1 Å². The number of nitrogens with zero attached hydrogens (tertiary/aromatic N) is 5. The maximum absolute atomic E-state index is 12.0. The van der Waals surface area contributed by atoms with Crippen LogP contribution in [0, 0.1) is 0 Å². The number of rotatable bonds is 3. The molecule has 24 heavy (non-hydrogen) atoms. The number of pyridine rings is 1. The van der Waals surface area contributed by atoms with Gasteiger partial charge >= 0.3 is 0 Å². The van der Waals surface area contributed by atoms with Gasteiger partial charge < -0.3 is 14.5 Å². The molecule has 7 heteroatoms. The van der Waals surface area contributed by atoms with Crippen LogP contribution in [0.15, 0.2) is 30.7 Å². The van der Waals surface area contributed by atoms with Gasteiger partial charge in [0.2, 0.25) is 0 Å². The Kier molecular flexibility index (Phi) is 4.28. The van der Waals surface area contributed by atoms with E-state index in [4.69, 9.17) is 4.74 Å². The van der Waals surface area contributed by atoms with E-state index >= 15 is 0 Å². The zero-order chi connectivity index (χ0) is 17.3. The van der Waals surface area contributed by atoms with Gasteiger partial charge in [-0.1, -0.05) is 0 Å². The Labute approximate surface area is 141 Å². The topological polar surface area (TPSA) is 63.5 Å². The SMILES string of the molecule is CN(C)C(=O)c1ccc(N2CCOC(C)(c3cnn(C)c3)C2)nc1.